The lowest BCUT2D eigenvalue weighted by Gasteiger charge is -2.20. The van der Waals surface area contributed by atoms with Crippen LogP contribution in [0.4, 0.5) is 10.5 Å². The van der Waals surface area contributed by atoms with E-state index >= 15 is 0 Å². The molecule has 0 aliphatic heterocycles. The lowest BCUT2D eigenvalue weighted by molar-refractivity contribution is 0.0962. The quantitative estimate of drug-likeness (QED) is 0.645. The lowest BCUT2D eigenvalue weighted by atomic mass is 10.1. The van der Waals surface area contributed by atoms with Crippen molar-refractivity contribution in [2.45, 2.75) is 26.3 Å². The van der Waals surface area contributed by atoms with E-state index in [1.54, 1.807) is 24.3 Å². The number of rotatable bonds is 1. The molecule has 17 heavy (non-hydrogen) atoms. The van der Waals surface area contributed by atoms with E-state index in [9.17, 15) is 9.59 Å². The second-order valence-corrected chi connectivity index (χ2v) is 4.78. The average Bonchev–Trinajstić information content (AvgIpc) is 2.15. The lowest BCUT2D eigenvalue weighted by Crippen LogP contribution is -2.48. The van der Waals surface area contributed by atoms with E-state index in [0.29, 0.717) is 11.3 Å². The molecule has 1 rings (SSSR count). The molecular weight excluding hydrogens is 218 g/mol. The molecule has 0 heterocycles. The standard InChI is InChI=1S/C12H17N3O2/c1-12(2,3)15-11(17)14-10(16)8-4-6-9(13)7-5-8/h4-7H,13H2,1-3H3,(H2,14,15,16,17). The number of urea groups is 1. The van der Waals surface area contributed by atoms with Gasteiger partial charge in [-0.25, -0.2) is 4.79 Å². The molecule has 0 spiro atoms. The van der Waals surface area contributed by atoms with Crippen LogP contribution in [0.3, 0.4) is 0 Å². The Bertz CT molecular complexity index is 418. The predicted molar refractivity (Wildman–Crippen MR) is 66.6 cm³/mol. The number of anilines is 1. The fourth-order valence-electron chi connectivity index (χ4n) is 1.18. The van der Waals surface area contributed by atoms with Crippen molar-refractivity contribution in [1.82, 2.24) is 10.6 Å². The number of nitrogens with two attached hydrogens (primary N) is 1. The summed E-state index contributed by atoms with van der Waals surface area (Å²) in [6.45, 7) is 5.50. The van der Waals surface area contributed by atoms with Gasteiger partial charge >= 0.3 is 6.03 Å². The third kappa shape index (κ3) is 4.55. The first-order valence-corrected chi connectivity index (χ1v) is 5.27. The highest BCUT2D eigenvalue weighted by Crippen LogP contribution is 2.05. The first-order chi connectivity index (χ1) is 7.78. The zero-order valence-corrected chi connectivity index (χ0v) is 10.2. The van der Waals surface area contributed by atoms with Gasteiger partial charge in [-0.05, 0) is 45.0 Å². The van der Waals surface area contributed by atoms with Crippen LogP contribution in [0.15, 0.2) is 24.3 Å². The van der Waals surface area contributed by atoms with Gasteiger partial charge in [0.1, 0.15) is 0 Å². The maximum atomic E-state index is 11.6. The van der Waals surface area contributed by atoms with Gasteiger partial charge in [0, 0.05) is 16.8 Å². The number of nitrogen functional groups attached to an aromatic ring is 1. The zero-order chi connectivity index (χ0) is 13.1. The molecule has 0 fully saturated rings. The summed E-state index contributed by atoms with van der Waals surface area (Å²) in [5, 5.41) is 4.88. The minimum Gasteiger partial charge on any atom is -0.399 e. The Morgan fingerprint density at radius 2 is 1.65 bits per heavy atom. The topological polar surface area (TPSA) is 84.2 Å². The van der Waals surface area contributed by atoms with E-state index < -0.39 is 11.9 Å². The monoisotopic (exact) mass is 235 g/mol. The minimum absolute atomic E-state index is 0.383. The van der Waals surface area contributed by atoms with Crippen LogP contribution in [0, 0.1) is 0 Å². The van der Waals surface area contributed by atoms with Crippen molar-refractivity contribution in [3.8, 4) is 0 Å². The van der Waals surface area contributed by atoms with Gasteiger partial charge in [0.15, 0.2) is 0 Å². The summed E-state index contributed by atoms with van der Waals surface area (Å²) in [6.07, 6.45) is 0. The molecule has 4 N–H and O–H groups in total. The molecule has 5 heteroatoms. The first-order valence-electron chi connectivity index (χ1n) is 5.27. The molecule has 3 amide bonds. The van der Waals surface area contributed by atoms with Gasteiger partial charge in [-0.2, -0.15) is 0 Å². The predicted octanol–water partition coefficient (Wildman–Crippen LogP) is 1.51. The summed E-state index contributed by atoms with van der Waals surface area (Å²) >= 11 is 0. The van der Waals surface area contributed by atoms with Gasteiger partial charge in [0.2, 0.25) is 0 Å². The van der Waals surface area contributed by atoms with Crippen LogP contribution in [-0.4, -0.2) is 17.5 Å². The number of hydrogen-bond acceptors (Lipinski definition) is 3. The molecule has 5 nitrogen and oxygen atoms in total. The first kappa shape index (κ1) is 13.0. The Balaban J connectivity index is 2.61. The molecule has 1 aromatic rings. The van der Waals surface area contributed by atoms with E-state index in [4.69, 9.17) is 5.73 Å². The van der Waals surface area contributed by atoms with Crippen LogP contribution in [-0.2, 0) is 0 Å². The average molecular weight is 235 g/mol. The molecule has 1 aromatic carbocycles. The number of imide groups is 1. The third-order valence-electron chi connectivity index (χ3n) is 1.89. The van der Waals surface area contributed by atoms with Gasteiger partial charge in [0.25, 0.3) is 5.91 Å². The Morgan fingerprint density at radius 1 is 1.12 bits per heavy atom. The van der Waals surface area contributed by atoms with E-state index in [0.717, 1.165) is 0 Å². The van der Waals surface area contributed by atoms with Crippen LogP contribution in [0.25, 0.3) is 0 Å². The smallest absolute Gasteiger partial charge is 0.322 e. The fourth-order valence-corrected chi connectivity index (χ4v) is 1.18. The molecule has 92 valence electrons. The van der Waals surface area contributed by atoms with Crippen molar-refractivity contribution in [2.24, 2.45) is 0 Å². The van der Waals surface area contributed by atoms with Crippen molar-refractivity contribution < 1.29 is 9.59 Å². The second-order valence-electron chi connectivity index (χ2n) is 4.78. The molecule has 0 saturated heterocycles. The number of hydrogen-bond donors (Lipinski definition) is 3. The maximum Gasteiger partial charge on any atom is 0.322 e. The summed E-state index contributed by atoms with van der Waals surface area (Å²) < 4.78 is 0. The number of carbonyl (C=O) groups is 2. The van der Waals surface area contributed by atoms with Crippen LogP contribution in [0.1, 0.15) is 31.1 Å². The van der Waals surface area contributed by atoms with Gasteiger partial charge in [-0.15, -0.1) is 0 Å². The molecule has 0 aromatic heterocycles. The van der Waals surface area contributed by atoms with E-state index in [-0.39, 0.29) is 5.54 Å². The van der Waals surface area contributed by atoms with Crippen LogP contribution in [0.2, 0.25) is 0 Å². The maximum absolute atomic E-state index is 11.6. The summed E-state index contributed by atoms with van der Waals surface area (Å²) in [6, 6.07) is 5.83. The number of nitrogens with one attached hydrogen (secondary N) is 2. The molecule has 0 saturated carbocycles. The highest BCUT2D eigenvalue weighted by atomic mass is 16.2. The fraction of sp³-hybridized carbons (Fsp3) is 0.333. The zero-order valence-electron chi connectivity index (χ0n) is 10.2. The van der Waals surface area contributed by atoms with E-state index in [1.807, 2.05) is 20.8 Å². The van der Waals surface area contributed by atoms with Crippen LogP contribution in [0.5, 0.6) is 0 Å². The van der Waals surface area contributed by atoms with Crippen molar-refractivity contribution in [3.05, 3.63) is 29.8 Å². The molecule has 0 aliphatic carbocycles. The second kappa shape index (κ2) is 4.86. The molecule has 0 radical (unpaired) electrons. The number of amides is 3. The van der Waals surface area contributed by atoms with Crippen molar-refractivity contribution in [2.75, 3.05) is 5.73 Å². The van der Waals surface area contributed by atoms with Gasteiger partial charge in [-0.3, -0.25) is 10.1 Å². The number of benzene rings is 1. The Morgan fingerprint density at radius 3 is 2.12 bits per heavy atom. The van der Waals surface area contributed by atoms with Crippen molar-refractivity contribution >= 4 is 17.6 Å². The van der Waals surface area contributed by atoms with Gasteiger partial charge in [0.05, 0.1) is 0 Å². The third-order valence-corrected chi connectivity index (χ3v) is 1.89. The van der Waals surface area contributed by atoms with Crippen LogP contribution >= 0.6 is 0 Å². The SMILES string of the molecule is CC(C)(C)NC(=O)NC(=O)c1ccc(N)cc1. The van der Waals surface area contributed by atoms with Crippen LogP contribution < -0.4 is 16.4 Å². The Labute approximate surface area is 100 Å². The highest BCUT2D eigenvalue weighted by molar-refractivity contribution is 6.04. The minimum atomic E-state index is -0.515. The summed E-state index contributed by atoms with van der Waals surface area (Å²) in [5.41, 5.74) is 6.08. The summed E-state index contributed by atoms with van der Waals surface area (Å²) in [4.78, 5) is 23.1. The van der Waals surface area contributed by atoms with Gasteiger partial charge in [-0.1, -0.05) is 0 Å². The van der Waals surface area contributed by atoms with E-state index in [1.165, 1.54) is 0 Å². The molecular formula is C12H17N3O2. The number of carbonyl (C=O) groups excluding carboxylic acids is 2. The largest absolute Gasteiger partial charge is 0.399 e. The molecule has 0 aliphatic rings. The summed E-state index contributed by atoms with van der Waals surface area (Å²) in [7, 11) is 0. The summed E-state index contributed by atoms with van der Waals surface area (Å²) in [5.74, 6) is -0.452. The molecule has 0 bridgehead atoms. The van der Waals surface area contributed by atoms with E-state index in [2.05, 4.69) is 10.6 Å². The van der Waals surface area contributed by atoms with Crippen molar-refractivity contribution in [1.29, 1.82) is 0 Å². The molecule has 0 unspecified atom stereocenters. The normalized spacial score (nSPS) is 10.8. The molecule has 0 atom stereocenters. The van der Waals surface area contributed by atoms with Crippen molar-refractivity contribution in [3.63, 3.8) is 0 Å². The van der Waals surface area contributed by atoms with Gasteiger partial charge < -0.3 is 11.1 Å². The Kier molecular flexibility index (Phi) is 3.73. The Hall–Kier alpha value is -2.04. The highest BCUT2D eigenvalue weighted by Gasteiger charge is 2.16.